The molecule has 33 heavy (non-hydrogen) atoms. The third kappa shape index (κ3) is 7.60. The van der Waals surface area contributed by atoms with E-state index in [0.29, 0.717) is 6.54 Å². The van der Waals surface area contributed by atoms with E-state index in [1.54, 1.807) is 48.8 Å². The van der Waals surface area contributed by atoms with Crippen LogP contribution in [-0.2, 0) is 23.9 Å². The number of likely N-dealkylation sites (tertiary alicyclic amines) is 1. The molecule has 0 aromatic carbocycles. The van der Waals surface area contributed by atoms with Gasteiger partial charge in [0.15, 0.2) is 3.79 Å². The molecule has 0 aromatic heterocycles. The van der Waals surface area contributed by atoms with Gasteiger partial charge < -0.3 is 25.0 Å². The number of hydrogen-bond donors (Lipinski definition) is 1. The molecule has 1 aliphatic rings. The number of ether oxygens (including phenoxy) is 2. The standard InChI is InChI=1S/C24H44IN3O5/c1-9-15(4)21(27(6)24(31)20(26)14(2)3)18(32-7)13-19(29)28-12-10-11-17(28)22(33-8)16(5)23(25)30/h14-18,20-22H,9-13,26H2,1-8H3/t15-,16+,17-,18+,20-,21-,22+/m0/s1. The van der Waals surface area contributed by atoms with Crippen molar-refractivity contribution in [3.8, 4) is 0 Å². The van der Waals surface area contributed by atoms with Gasteiger partial charge in [-0.15, -0.1) is 0 Å². The summed E-state index contributed by atoms with van der Waals surface area (Å²) in [5.74, 6) is -0.353. The maximum Gasteiger partial charge on any atom is 0.239 e. The molecule has 1 saturated heterocycles. The fraction of sp³-hybridized carbons (Fsp3) is 0.875. The molecule has 1 fully saturated rings. The van der Waals surface area contributed by atoms with Crippen LogP contribution in [-0.4, -0.2) is 83.5 Å². The maximum atomic E-state index is 13.5. The van der Waals surface area contributed by atoms with E-state index in [1.807, 2.05) is 25.7 Å². The Hall–Kier alpha value is -0.780. The number of carbonyl (C=O) groups excluding carboxylic acids is 3. The monoisotopic (exact) mass is 581 g/mol. The Labute approximate surface area is 213 Å². The predicted molar refractivity (Wildman–Crippen MR) is 138 cm³/mol. The summed E-state index contributed by atoms with van der Waals surface area (Å²) in [4.78, 5) is 42.0. The zero-order valence-electron chi connectivity index (χ0n) is 21.5. The highest BCUT2D eigenvalue weighted by Crippen LogP contribution is 2.30. The van der Waals surface area contributed by atoms with Gasteiger partial charge in [0.1, 0.15) is 0 Å². The molecule has 2 N–H and O–H groups in total. The minimum atomic E-state index is -0.604. The second kappa shape index (κ2) is 13.9. The number of carbonyl (C=O) groups is 3. The van der Waals surface area contributed by atoms with Gasteiger partial charge in [0, 0.05) is 27.8 Å². The molecular weight excluding hydrogens is 537 g/mol. The van der Waals surface area contributed by atoms with Crippen molar-refractivity contribution in [2.75, 3.05) is 27.8 Å². The van der Waals surface area contributed by atoms with Crippen LogP contribution in [0.5, 0.6) is 0 Å². The minimum absolute atomic E-state index is 0.0131. The lowest BCUT2D eigenvalue weighted by Gasteiger charge is -2.40. The number of nitrogens with zero attached hydrogens (tertiary/aromatic N) is 2. The van der Waals surface area contributed by atoms with Crippen molar-refractivity contribution in [1.82, 2.24) is 9.80 Å². The molecule has 0 aromatic rings. The fourth-order valence-electron chi connectivity index (χ4n) is 4.81. The van der Waals surface area contributed by atoms with Crippen LogP contribution in [0.2, 0.25) is 0 Å². The van der Waals surface area contributed by atoms with E-state index in [1.165, 1.54) is 0 Å². The van der Waals surface area contributed by atoms with Gasteiger partial charge in [-0.1, -0.05) is 41.0 Å². The lowest BCUT2D eigenvalue weighted by Crippen LogP contribution is -2.56. The first kappa shape index (κ1) is 30.3. The molecule has 0 unspecified atom stereocenters. The van der Waals surface area contributed by atoms with Crippen LogP contribution in [0, 0.1) is 17.8 Å². The Balaban J connectivity index is 3.11. The number of halogens is 1. The summed E-state index contributed by atoms with van der Waals surface area (Å²) in [6.45, 7) is 10.5. The molecule has 2 amide bonds. The van der Waals surface area contributed by atoms with Crippen molar-refractivity contribution in [3.63, 3.8) is 0 Å². The summed E-state index contributed by atoms with van der Waals surface area (Å²) in [6, 6.07) is -1.03. The first-order valence-electron chi connectivity index (χ1n) is 12.0. The van der Waals surface area contributed by atoms with Crippen molar-refractivity contribution in [2.24, 2.45) is 23.5 Å². The molecule has 7 atom stereocenters. The van der Waals surface area contributed by atoms with Crippen molar-refractivity contribution in [3.05, 3.63) is 0 Å². The SMILES string of the molecule is CC[C@H](C)[C@@H]([C@@H](CC(=O)N1CCC[C@H]1[C@H](OC)[C@@H](C)C(=O)I)OC)N(C)C(=O)[C@@H](N)C(C)C. The summed E-state index contributed by atoms with van der Waals surface area (Å²) < 4.78 is 11.5. The first-order valence-corrected chi connectivity index (χ1v) is 13.1. The highest BCUT2D eigenvalue weighted by Gasteiger charge is 2.41. The molecule has 0 radical (unpaired) electrons. The van der Waals surface area contributed by atoms with Crippen LogP contribution in [0.3, 0.4) is 0 Å². The number of rotatable bonds is 13. The number of methoxy groups -OCH3 is 2. The molecule has 1 rings (SSSR count). The van der Waals surface area contributed by atoms with E-state index in [9.17, 15) is 14.4 Å². The maximum absolute atomic E-state index is 13.5. The van der Waals surface area contributed by atoms with Crippen molar-refractivity contribution in [1.29, 1.82) is 0 Å². The van der Waals surface area contributed by atoms with Gasteiger partial charge in [-0.05, 0) is 47.3 Å². The van der Waals surface area contributed by atoms with E-state index in [2.05, 4.69) is 13.8 Å². The van der Waals surface area contributed by atoms with Gasteiger partial charge in [-0.2, -0.15) is 0 Å². The molecular formula is C24H44IN3O5. The van der Waals surface area contributed by atoms with Gasteiger partial charge in [-0.3, -0.25) is 14.4 Å². The average Bonchev–Trinajstić information content (AvgIpc) is 3.26. The van der Waals surface area contributed by atoms with E-state index < -0.39 is 12.1 Å². The Kier molecular flexibility index (Phi) is 12.8. The van der Waals surface area contributed by atoms with Crippen molar-refractivity contribution >= 4 is 38.2 Å². The molecule has 1 heterocycles. The highest BCUT2D eigenvalue weighted by atomic mass is 127. The number of nitrogens with two attached hydrogens (primary N) is 1. The molecule has 0 spiro atoms. The average molecular weight is 582 g/mol. The molecule has 8 nitrogen and oxygen atoms in total. The Morgan fingerprint density at radius 1 is 1.15 bits per heavy atom. The largest absolute Gasteiger partial charge is 0.379 e. The van der Waals surface area contributed by atoms with E-state index >= 15 is 0 Å². The van der Waals surface area contributed by atoms with Crippen LogP contribution in [0.25, 0.3) is 0 Å². The van der Waals surface area contributed by atoms with Crippen LogP contribution >= 0.6 is 22.6 Å². The van der Waals surface area contributed by atoms with E-state index in [-0.39, 0.29) is 58.0 Å². The zero-order chi connectivity index (χ0) is 25.5. The van der Waals surface area contributed by atoms with Crippen molar-refractivity contribution in [2.45, 2.75) is 90.6 Å². The van der Waals surface area contributed by atoms with Crippen LogP contribution in [0.1, 0.15) is 60.3 Å². The van der Waals surface area contributed by atoms with Gasteiger partial charge in [0.05, 0.1) is 42.7 Å². The first-order chi connectivity index (χ1) is 15.4. The zero-order valence-corrected chi connectivity index (χ0v) is 23.7. The third-order valence-corrected chi connectivity index (χ3v) is 8.19. The van der Waals surface area contributed by atoms with Gasteiger partial charge in [0.2, 0.25) is 11.8 Å². The normalized spacial score (nSPS) is 21.9. The summed E-state index contributed by atoms with van der Waals surface area (Å²) in [5, 5.41) is 0. The summed E-state index contributed by atoms with van der Waals surface area (Å²) in [5.41, 5.74) is 6.15. The second-order valence-electron chi connectivity index (χ2n) is 9.66. The van der Waals surface area contributed by atoms with Gasteiger partial charge in [-0.25, -0.2) is 0 Å². The Bertz CT molecular complexity index is 662. The lowest BCUT2D eigenvalue weighted by molar-refractivity contribution is -0.146. The molecule has 9 heteroatoms. The number of likely N-dealkylation sites (N-methyl/N-ethyl adjacent to an activating group) is 1. The fourth-order valence-corrected chi connectivity index (χ4v) is 5.16. The van der Waals surface area contributed by atoms with E-state index in [4.69, 9.17) is 15.2 Å². The Morgan fingerprint density at radius 2 is 1.76 bits per heavy atom. The van der Waals surface area contributed by atoms with Gasteiger partial charge in [0.25, 0.3) is 0 Å². The topological polar surface area (TPSA) is 102 Å². The number of amides is 2. The smallest absolute Gasteiger partial charge is 0.239 e. The second-order valence-corrected chi connectivity index (χ2v) is 10.7. The van der Waals surface area contributed by atoms with Crippen molar-refractivity contribution < 1.29 is 23.9 Å². The lowest BCUT2D eigenvalue weighted by atomic mass is 9.89. The summed E-state index contributed by atoms with van der Waals surface area (Å²) >= 11 is 1.80. The molecule has 0 bridgehead atoms. The highest BCUT2D eigenvalue weighted by molar-refractivity contribution is 14.1. The quantitative estimate of drug-likeness (QED) is 0.265. The predicted octanol–water partition coefficient (Wildman–Crippen LogP) is 2.85. The van der Waals surface area contributed by atoms with Gasteiger partial charge >= 0.3 is 0 Å². The van der Waals surface area contributed by atoms with Crippen LogP contribution in [0.15, 0.2) is 0 Å². The summed E-state index contributed by atoms with van der Waals surface area (Å²) in [6.07, 6.45) is 1.84. The van der Waals surface area contributed by atoms with Crippen LogP contribution < -0.4 is 5.73 Å². The molecule has 192 valence electrons. The molecule has 1 aliphatic heterocycles. The van der Waals surface area contributed by atoms with Crippen LogP contribution in [0.4, 0.5) is 0 Å². The van der Waals surface area contributed by atoms with E-state index in [0.717, 1.165) is 19.3 Å². The summed E-state index contributed by atoms with van der Waals surface area (Å²) in [7, 11) is 4.94. The minimum Gasteiger partial charge on any atom is -0.379 e. The Morgan fingerprint density at radius 3 is 2.21 bits per heavy atom. The molecule has 0 aliphatic carbocycles. The molecule has 0 saturated carbocycles. The third-order valence-electron chi connectivity index (χ3n) is 7.21. The number of hydrogen-bond acceptors (Lipinski definition) is 6.